The molecule has 0 radical (unpaired) electrons. The van der Waals surface area contributed by atoms with Crippen LogP contribution >= 0.6 is 11.8 Å². The Kier molecular flexibility index (Phi) is 6.20. The summed E-state index contributed by atoms with van der Waals surface area (Å²) in [5.74, 6) is 0.899. The highest BCUT2D eigenvalue weighted by molar-refractivity contribution is 7.98. The van der Waals surface area contributed by atoms with Gasteiger partial charge < -0.3 is 5.32 Å². The molecule has 1 N–H and O–H groups in total. The molecule has 0 atom stereocenters. The summed E-state index contributed by atoms with van der Waals surface area (Å²) >= 11 is 1.69. The summed E-state index contributed by atoms with van der Waals surface area (Å²) in [5.41, 5.74) is 3.95. The minimum atomic E-state index is 0.808. The molecule has 0 fully saturated rings. The van der Waals surface area contributed by atoms with Crippen LogP contribution in [-0.2, 0) is 12.3 Å². The van der Waals surface area contributed by atoms with E-state index in [1.807, 2.05) is 4.68 Å². The molecular weight excluding hydrogens is 282 g/mol. The molecule has 2 aromatic rings. The summed E-state index contributed by atoms with van der Waals surface area (Å²) in [6, 6.07) is 6.55. The first-order valence-electron chi connectivity index (χ1n) is 7.36. The molecule has 1 aromatic carbocycles. The van der Waals surface area contributed by atoms with Gasteiger partial charge in [0.05, 0.1) is 6.54 Å². The van der Waals surface area contributed by atoms with Crippen LogP contribution in [0.5, 0.6) is 0 Å². The maximum absolute atomic E-state index is 4.12. The lowest BCUT2D eigenvalue weighted by Crippen LogP contribution is -2.21. The summed E-state index contributed by atoms with van der Waals surface area (Å²) in [7, 11) is 0. The summed E-state index contributed by atoms with van der Waals surface area (Å²) < 4.78 is 1.87. The first kappa shape index (κ1) is 16.0. The van der Waals surface area contributed by atoms with Gasteiger partial charge >= 0.3 is 0 Å². The summed E-state index contributed by atoms with van der Waals surface area (Å²) in [6.07, 6.45) is 1.14. The highest BCUT2D eigenvalue weighted by atomic mass is 32.2. The fourth-order valence-corrected chi connectivity index (χ4v) is 2.99. The van der Waals surface area contributed by atoms with Crippen molar-refractivity contribution < 1.29 is 0 Å². The number of aromatic nitrogens is 4. The van der Waals surface area contributed by atoms with Gasteiger partial charge in [-0.2, -0.15) is 0 Å². The molecule has 0 aliphatic rings. The van der Waals surface area contributed by atoms with Gasteiger partial charge in [-0.1, -0.05) is 42.4 Å². The number of nitrogens with one attached hydrogen (secondary N) is 1. The van der Waals surface area contributed by atoms with Crippen molar-refractivity contribution in [2.75, 3.05) is 13.1 Å². The molecule has 0 unspecified atom stereocenters. The van der Waals surface area contributed by atoms with Gasteiger partial charge in [0.25, 0.3) is 0 Å². The van der Waals surface area contributed by atoms with E-state index in [9.17, 15) is 0 Å². The molecule has 0 bridgehead atoms. The zero-order chi connectivity index (χ0) is 15.1. The lowest BCUT2D eigenvalue weighted by Gasteiger charge is -2.08. The number of thioether (sulfide) groups is 1. The van der Waals surface area contributed by atoms with Gasteiger partial charge in [0.2, 0.25) is 5.16 Å². The number of hydrogen-bond acceptors (Lipinski definition) is 5. The van der Waals surface area contributed by atoms with E-state index in [2.05, 4.69) is 59.8 Å². The van der Waals surface area contributed by atoms with E-state index in [1.54, 1.807) is 11.8 Å². The van der Waals surface area contributed by atoms with Crippen molar-refractivity contribution in [1.82, 2.24) is 25.5 Å². The highest BCUT2D eigenvalue weighted by Crippen LogP contribution is 2.22. The van der Waals surface area contributed by atoms with Crippen molar-refractivity contribution in [3.63, 3.8) is 0 Å². The van der Waals surface area contributed by atoms with E-state index in [1.165, 1.54) is 16.7 Å². The molecule has 0 saturated heterocycles. The minimum Gasteiger partial charge on any atom is -0.315 e. The molecule has 5 nitrogen and oxygen atoms in total. The van der Waals surface area contributed by atoms with Crippen LogP contribution in [0.3, 0.4) is 0 Å². The van der Waals surface area contributed by atoms with E-state index in [0.29, 0.717) is 0 Å². The molecule has 6 heteroatoms. The van der Waals surface area contributed by atoms with Crippen LogP contribution in [0.4, 0.5) is 0 Å². The Morgan fingerprint density at radius 2 is 2.10 bits per heavy atom. The Balaban J connectivity index is 1.91. The molecule has 0 aliphatic heterocycles. The molecular formula is C15H23N5S. The average Bonchev–Trinajstić information content (AvgIpc) is 2.92. The lowest BCUT2D eigenvalue weighted by molar-refractivity contribution is 0.510. The van der Waals surface area contributed by atoms with Crippen molar-refractivity contribution in [3.8, 4) is 0 Å². The third kappa shape index (κ3) is 4.82. The predicted molar refractivity (Wildman–Crippen MR) is 86.5 cm³/mol. The maximum atomic E-state index is 4.12. The van der Waals surface area contributed by atoms with Gasteiger partial charge in [-0.25, -0.2) is 4.68 Å². The molecule has 0 saturated carbocycles. The molecule has 0 amide bonds. The van der Waals surface area contributed by atoms with Gasteiger partial charge in [0.15, 0.2) is 0 Å². The molecule has 1 aromatic heterocycles. The number of nitrogens with zero attached hydrogens (tertiary/aromatic N) is 4. The molecule has 21 heavy (non-hydrogen) atoms. The average molecular weight is 305 g/mol. The zero-order valence-electron chi connectivity index (χ0n) is 13.0. The lowest BCUT2D eigenvalue weighted by atomic mass is 10.1. The predicted octanol–water partition coefficient (Wildman–Crippen LogP) is 2.58. The Labute approximate surface area is 130 Å². The number of aryl methyl sites for hydroxylation is 2. The minimum absolute atomic E-state index is 0.808. The molecule has 0 spiro atoms. The normalized spacial score (nSPS) is 11.0. The quantitative estimate of drug-likeness (QED) is 0.600. The zero-order valence-corrected chi connectivity index (χ0v) is 13.8. The van der Waals surface area contributed by atoms with Crippen LogP contribution in [0.25, 0.3) is 0 Å². The van der Waals surface area contributed by atoms with E-state index in [-0.39, 0.29) is 0 Å². The smallest absolute Gasteiger partial charge is 0.209 e. The van der Waals surface area contributed by atoms with Gasteiger partial charge in [-0.3, -0.25) is 0 Å². The second kappa shape index (κ2) is 8.14. The molecule has 0 aliphatic carbocycles. The van der Waals surface area contributed by atoms with Crippen LogP contribution in [0.1, 0.15) is 30.0 Å². The number of benzene rings is 1. The van der Waals surface area contributed by atoms with E-state index in [0.717, 1.165) is 37.0 Å². The second-order valence-corrected chi connectivity index (χ2v) is 6.10. The van der Waals surface area contributed by atoms with Crippen molar-refractivity contribution in [1.29, 1.82) is 0 Å². The van der Waals surface area contributed by atoms with Crippen LogP contribution in [0, 0.1) is 13.8 Å². The standard InChI is InChI=1S/C15H23N5S/c1-4-7-16-8-9-20-15(17-18-19-20)21-11-14-10-12(2)5-6-13(14)3/h5-6,10,16H,4,7-9,11H2,1-3H3. The first-order valence-corrected chi connectivity index (χ1v) is 8.35. The molecule has 1 heterocycles. The van der Waals surface area contributed by atoms with Crippen molar-refractivity contribution in [3.05, 3.63) is 34.9 Å². The van der Waals surface area contributed by atoms with Crippen LogP contribution in [-0.4, -0.2) is 33.3 Å². The van der Waals surface area contributed by atoms with Crippen molar-refractivity contribution >= 4 is 11.8 Å². The summed E-state index contributed by atoms with van der Waals surface area (Å²) in [6.45, 7) is 9.17. The molecule has 114 valence electrons. The van der Waals surface area contributed by atoms with Crippen molar-refractivity contribution in [2.24, 2.45) is 0 Å². The van der Waals surface area contributed by atoms with Crippen LogP contribution in [0.15, 0.2) is 23.4 Å². The highest BCUT2D eigenvalue weighted by Gasteiger charge is 2.08. The van der Waals surface area contributed by atoms with E-state index >= 15 is 0 Å². The summed E-state index contributed by atoms with van der Waals surface area (Å²) in [4.78, 5) is 0. The largest absolute Gasteiger partial charge is 0.315 e. The van der Waals surface area contributed by atoms with Gasteiger partial charge in [0.1, 0.15) is 0 Å². The number of tetrazole rings is 1. The monoisotopic (exact) mass is 305 g/mol. The third-order valence-electron chi connectivity index (χ3n) is 3.29. The Bertz CT molecular complexity index is 567. The number of rotatable bonds is 8. The van der Waals surface area contributed by atoms with Gasteiger partial charge in [-0.05, 0) is 48.4 Å². The first-order chi connectivity index (χ1) is 10.2. The Hall–Kier alpha value is -1.40. The SMILES string of the molecule is CCCNCCn1nnnc1SCc1cc(C)ccc1C. The molecule has 2 rings (SSSR count). The fraction of sp³-hybridized carbons (Fsp3) is 0.533. The van der Waals surface area contributed by atoms with Gasteiger partial charge in [-0.15, -0.1) is 5.10 Å². The Morgan fingerprint density at radius 1 is 1.24 bits per heavy atom. The second-order valence-electron chi connectivity index (χ2n) is 5.15. The number of hydrogen-bond donors (Lipinski definition) is 1. The topological polar surface area (TPSA) is 55.6 Å². The van der Waals surface area contributed by atoms with Crippen LogP contribution < -0.4 is 5.32 Å². The third-order valence-corrected chi connectivity index (χ3v) is 4.29. The summed E-state index contributed by atoms with van der Waals surface area (Å²) in [5, 5.41) is 16.2. The van der Waals surface area contributed by atoms with E-state index < -0.39 is 0 Å². The Morgan fingerprint density at radius 3 is 2.90 bits per heavy atom. The van der Waals surface area contributed by atoms with Crippen molar-refractivity contribution in [2.45, 2.75) is 44.6 Å². The van der Waals surface area contributed by atoms with E-state index in [4.69, 9.17) is 0 Å². The maximum Gasteiger partial charge on any atom is 0.209 e. The fourth-order valence-electron chi connectivity index (χ4n) is 2.02. The van der Waals surface area contributed by atoms with Gasteiger partial charge in [0, 0.05) is 12.3 Å². The van der Waals surface area contributed by atoms with Crippen LogP contribution in [0.2, 0.25) is 0 Å².